The van der Waals surface area contributed by atoms with Crippen molar-refractivity contribution in [2.75, 3.05) is 34.4 Å². The Kier molecular flexibility index (Phi) is 12.4. The largest absolute Gasteiger partial charge is 0.493 e. The molecule has 170 valence electrons. The summed E-state index contributed by atoms with van der Waals surface area (Å²) in [4.78, 5) is 18.7. The van der Waals surface area contributed by atoms with E-state index in [-0.39, 0.29) is 29.9 Å². The molecular formula is C23H33IN4O3. The number of aliphatic imine (C=N–C) groups is 1. The number of carbonyl (C=O) groups excluding carboxylic acids is 1. The minimum Gasteiger partial charge on any atom is -0.493 e. The van der Waals surface area contributed by atoms with Crippen LogP contribution in [0, 0.1) is 0 Å². The van der Waals surface area contributed by atoms with E-state index in [2.05, 4.69) is 15.6 Å². The van der Waals surface area contributed by atoms with Crippen LogP contribution >= 0.6 is 24.0 Å². The predicted molar refractivity (Wildman–Crippen MR) is 135 cm³/mol. The van der Waals surface area contributed by atoms with Gasteiger partial charge in [-0.15, -0.1) is 24.0 Å². The van der Waals surface area contributed by atoms with E-state index in [1.807, 2.05) is 62.5 Å². The molecule has 7 nitrogen and oxygen atoms in total. The zero-order valence-corrected chi connectivity index (χ0v) is 21.0. The summed E-state index contributed by atoms with van der Waals surface area (Å²) in [5.41, 5.74) is 2.12. The number of guanidine groups is 1. The van der Waals surface area contributed by atoms with Crippen molar-refractivity contribution in [3.05, 3.63) is 59.7 Å². The first-order valence-electron chi connectivity index (χ1n) is 10.1. The number of nitrogens with zero attached hydrogens (tertiary/aromatic N) is 2. The lowest BCUT2D eigenvalue weighted by Crippen LogP contribution is -2.39. The fourth-order valence-corrected chi connectivity index (χ4v) is 2.92. The van der Waals surface area contributed by atoms with Crippen LogP contribution in [0.2, 0.25) is 0 Å². The average molecular weight is 540 g/mol. The van der Waals surface area contributed by atoms with Crippen LogP contribution in [0.15, 0.2) is 53.5 Å². The lowest BCUT2D eigenvalue weighted by atomic mass is 10.2. The summed E-state index contributed by atoms with van der Waals surface area (Å²) in [7, 11) is 5.05. The van der Waals surface area contributed by atoms with E-state index >= 15 is 0 Å². The monoisotopic (exact) mass is 540 g/mol. The highest BCUT2D eigenvalue weighted by atomic mass is 127. The third kappa shape index (κ3) is 9.04. The molecule has 2 aromatic carbocycles. The first-order chi connectivity index (χ1) is 14.6. The number of benzene rings is 2. The molecule has 0 heterocycles. The van der Waals surface area contributed by atoms with Gasteiger partial charge in [-0.05, 0) is 30.2 Å². The fourth-order valence-electron chi connectivity index (χ4n) is 2.92. The minimum atomic E-state index is 0. The van der Waals surface area contributed by atoms with Gasteiger partial charge in [0, 0.05) is 33.1 Å². The van der Waals surface area contributed by atoms with Gasteiger partial charge in [0.05, 0.1) is 20.8 Å². The molecule has 2 rings (SSSR count). The number of hydrogen-bond donors (Lipinski definition) is 2. The van der Waals surface area contributed by atoms with Crippen molar-refractivity contribution in [2.24, 2.45) is 4.99 Å². The molecule has 0 aromatic heterocycles. The topological polar surface area (TPSA) is 75.2 Å². The van der Waals surface area contributed by atoms with E-state index in [4.69, 9.17) is 9.47 Å². The summed E-state index contributed by atoms with van der Waals surface area (Å²) in [6.45, 7) is 4.34. The second-order valence-corrected chi connectivity index (χ2v) is 6.80. The summed E-state index contributed by atoms with van der Waals surface area (Å²) in [6.07, 6.45) is 0.393. The van der Waals surface area contributed by atoms with Gasteiger partial charge in [0.2, 0.25) is 5.91 Å². The van der Waals surface area contributed by atoms with Crippen molar-refractivity contribution in [1.29, 1.82) is 0 Å². The summed E-state index contributed by atoms with van der Waals surface area (Å²) < 4.78 is 10.6. The Balaban J connectivity index is 0.00000480. The fraction of sp³-hybridized carbons (Fsp3) is 0.391. The normalized spacial score (nSPS) is 10.6. The van der Waals surface area contributed by atoms with Gasteiger partial charge in [0.15, 0.2) is 17.5 Å². The Morgan fingerprint density at radius 3 is 2.35 bits per heavy atom. The second kappa shape index (κ2) is 14.5. The average Bonchev–Trinajstić information content (AvgIpc) is 2.77. The molecule has 0 aliphatic heterocycles. The van der Waals surface area contributed by atoms with Crippen molar-refractivity contribution in [3.8, 4) is 11.5 Å². The van der Waals surface area contributed by atoms with E-state index in [0.717, 1.165) is 17.7 Å². The van der Waals surface area contributed by atoms with Gasteiger partial charge in [-0.2, -0.15) is 0 Å². The third-order valence-electron chi connectivity index (χ3n) is 4.53. The van der Waals surface area contributed by atoms with Crippen molar-refractivity contribution >= 4 is 35.8 Å². The summed E-state index contributed by atoms with van der Waals surface area (Å²) in [5.74, 6) is 2.12. The van der Waals surface area contributed by atoms with Crippen LogP contribution in [-0.2, 0) is 17.9 Å². The zero-order chi connectivity index (χ0) is 21.8. The van der Waals surface area contributed by atoms with Gasteiger partial charge < -0.3 is 25.0 Å². The van der Waals surface area contributed by atoms with Gasteiger partial charge in [-0.3, -0.25) is 4.79 Å². The van der Waals surface area contributed by atoms with Gasteiger partial charge in [-0.25, -0.2) is 4.99 Å². The van der Waals surface area contributed by atoms with Crippen LogP contribution in [-0.4, -0.2) is 51.1 Å². The molecule has 8 heteroatoms. The molecule has 0 spiro atoms. The van der Waals surface area contributed by atoms with Crippen LogP contribution < -0.4 is 20.1 Å². The van der Waals surface area contributed by atoms with Crippen LogP contribution in [0.4, 0.5) is 0 Å². The number of hydrogen-bond acceptors (Lipinski definition) is 4. The maximum absolute atomic E-state index is 12.4. The van der Waals surface area contributed by atoms with Crippen molar-refractivity contribution in [2.45, 2.75) is 26.4 Å². The molecule has 31 heavy (non-hydrogen) atoms. The van der Waals surface area contributed by atoms with Crippen LogP contribution in [0.25, 0.3) is 0 Å². The maximum Gasteiger partial charge on any atom is 0.224 e. The minimum absolute atomic E-state index is 0. The van der Waals surface area contributed by atoms with Crippen molar-refractivity contribution < 1.29 is 14.3 Å². The number of amides is 1. The number of methoxy groups -OCH3 is 2. The van der Waals surface area contributed by atoms with Gasteiger partial charge >= 0.3 is 0 Å². The standard InChI is InChI=1S/C23H32N4O3.HI/c1-5-24-23(26-16-19-11-12-20(29-3)21(15-19)30-4)25-14-13-22(28)27(2)17-18-9-7-6-8-10-18;/h6-12,15H,5,13-14,16-17H2,1-4H3,(H2,24,25,26);1H. The molecule has 1 amide bonds. The Bertz CT molecular complexity index is 831. The van der Waals surface area contributed by atoms with E-state index in [1.165, 1.54) is 0 Å². The number of ether oxygens (including phenoxy) is 2. The quantitative estimate of drug-likeness (QED) is 0.275. The van der Waals surface area contributed by atoms with Crippen LogP contribution in [0.3, 0.4) is 0 Å². The smallest absolute Gasteiger partial charge is 0.224 e. The molecule has 2 N–H and O–H groups in total. The molecule has 0 saturated carbocycles. The van der Waals surface area contributed by atoms with Crippen LogP contribution in [0.1, 0.15) is 24.5 Å². The lowest BCUT2D eigenvalue weighted by molar-refractivity contribution is -0.130. The maximum atomic E-state index is 12.4. The van der Waals surface area contributed by atoms with Crippen LogP contribution in [0.5, 0.6) is 11.5 Å². The van der Waals surface area contributed by atoms with E-state index in [9.17, 15) is 4.79 Å². The molecule has 0 unspecified atom stereocenters. The number of nitrogens with one attached hydrogen (secondary N) is 2. The number of carbonyl (C=O) groups is 1. The molecule has 0 bridgehead atoms. The predicted octanol–water partition coefficient (Wildman–Crippen LogP) is 3.43. The molecule has 0 aliphatic carbocycles. The molecule has 0 saturated heterocycles. The highest BCUT2D eigenvalue weighted by molar-refractivity contribution is 14.0. The number of halogens is 1. The highest BCUT2D eigenvalue weighted by Crippen LogP contribution is 2.27. The van der Waals surface area contributed by atoms with E-state index < -0.39 is 0 Å². The molecule has 0 aliphatic rings. The van der Waals surface area contributed by atoms with Gasteiger partial charge in [0.25, 0.3) is 0 Å². The number of rotatable bonds is 10. The molecule has 0 radical (unpaired) electrons. The third-order valence-corrected chi connectivity index (χ3v) is 4.53. The Morgan fingerprint density at radius 2 is 1.71 bits per heavy atom. The van der Waals surface area contributed by atoms with Crippen molar-refractivity contribution in [1.82, 2.24) is 15.5 Å². The van der Waals surface area contributed by atoms with Gasteiger partial charge in [-0.1, -0.05) is 36.4 Å². The second-order valence-electron chi connectivity index (χ2n) is 6.80. The molecule has 0 atom stereocenters. The first kappa shape index (κ1) is 26.5. The van der Waals surface area contributed by atoms with Gasteiger partial charge in [0.1, 0.15) is 0 Å². The Hall–Kier alpha value is -2.49. The molecule has 2 aromatic rings. The first-order valence-corrected chi connectivity index (χ1v) is 10.1. The zero-order valence-electron chi connectivity index (χ0n) is 18.7. The van der Waals surface area contributed by atoms with E-state index in [0.29, 0.717) is 43.5 Å². The molecule has 0 fully saturated rings. The Morgan fingerprint density at radius 1 is 1.00 bits per heavy atom. The molecular weight excluding hydrogens is 507 g/mol. The summed E-state index contributed by atoms with van der Waals surface area (Å²) in [5, 5.41) is 6.43. The van der Waals surface area contributed by atoms with E-state index in [1.54, 1.807) is 19.1 Å². The Labute approximate surface area is 202 Å². The SMILES string of the molecule is CCNC(=NCc1ccc(OC)c(OC)c1)NCCC(=O)N(C)Cc1ccccc1.I. The highest BCUT2D eigenvalue weighted by Gasteiger charge is 2.10. The summed E-state index contributed by atoms with van der Waals surface area (Å²) in [6, 6.07) is 15.7. The van der Waals surface area contributed by atoms with Crippen molar-refractivity contribution in [3.63, 3.8) is 0 Å². The summed E-state index contributed by atoms with van der Waals surface area (Å²) >= 11 is 0. The lowest BCUT2D eigenvalue weighted by Gasteiger charge is -2.18.